The second-order valence-electron chi connectivity index (χ2n) is 15.8. The molecule has 0 bridgehead atoms. The van der Waals surface area contributed by atoms with Gasteiger partial charge in [0.05, 0.1) is 16.3 Å². The van der Waals surface area contributed by atoms with Crippen LogP contribution in [0.2, 0.25) is 0 Å². The highest BCUT2D eigenvalue weighted by molar-refractivity contribution is 7.69. The molecule has 0 N–H and O–H groups in total. The van der Waals surface area contributed by atoms with Gasteiger partial charge in [-0.15, -0.1) is 0 Å². The fourth-order valence-electron chi connectivity index (χ4n) is 8.85. The largest absolute Gasteiger partial charge is 0.342 e. The standard InChI is InChI=1S/C52H58N2O2P2/c1-9-25-43(26-10-1)41-49(53-37-21-7-22-38-53)51(55-57(45-29-13-3-14-30-45)46-31-15-4-16-32-46)52(50(54-39-23-8-24-40-54)42-44-27-11-2-12-28-44)56-58(47-33-17-5-18-34-47)48-35-19-6-20-36-48/h1-6,9-20,25-36,49-52H,7-8,21-24,37-42H2/t49-,50-,51+,52+/m1/s1. The minimum Gasteiger partial charge on any atom is -0.342 e. The number of piperidine rings is 2. The Balaban J connectivity index is 1.35. The van der Waals surface area contributed by atoms with Crippen molar-refractivity contribution in [3.63, 3.8) is 0 Å². The van der Waals surface area contributed by atoms with Crippen molar-refractivity contribution in [2.45, 2.75) is 75.7 Å². The van der Waals surface area contributed by atoms with Crippen LogP contribution >= 0.6 is 16.3 Å². The zero-order chi connectivity index (χ0) is 39.2. The molecular formula is C52H58N2O2P2. The van der Waals surface area contributed by atoms with Crippen molar-refractivity contribution in [3.8, 4) is 0 Å². The maximum Gasteiger partial charge on any atom is 0.106 e. The van der Waals surface area contributed by atoms with Crippen LogP contribution in [0.3, 0.4) is 0 Å². The molecule has 6 aromatic carbocycles. The third-order valence-electron chi connectivity index (χ3n) is 11.8. The smallest absolute Gasteiger partial charge is 0.106 e. The van der Waals surface area contributed by atoms with Gasteiger partial charge in [0, 0.05) is 33.3 Å². The predicted molar refractivity (Wildman–Crippen MR) is 247 cm³/mol. The summed E-state index contributed by atoms with van der Waals surface area (Å²) in [6.07, 6.45) is 8.65. The number of nitrogens with zero attached hydrogens (tertiary/aromatic N) is 2. The summed E-state index contributed by atoms with van der Waals surface area (Å²) in [5, 5.41) is 4.93. The van der Waals surface area contributed by atoms with Gasteiger partial charge >= 0.3 is 0 Å². The number of rotatable bonds is 17. The van der Waals surface area contributed by atoms with Gasteiger partial charge in [-0.3, -0.25) is 9.80 Å². The molecule has 6 heteroatoms. The van der Waals surface area contributed by atoms with E-state index in [2.05, 4.69) is 192 Å². The van der Waals surface area contributed by atoms with E-state index in [1.807, 2.05) is 0 Å². The Morgan fingerprint density at radius 2 is 0.603 bits per heavy atom. The van der Waals surface area contributed by atoms with Crippen LogP contribution in [-0.2, 0) is 21.9 Å². The zero-order valence-corrected chi connectivity index (χ0v) is 35.5. The van der Waals surface area contributed by atoms with Crippen LogP contribution in [0.25, 0.3) is 0 Å². The lowest BCUT2D eigenvalue weighted by molar-refractivity contribution is -0.0473. The van der Waals surface area contributed by atoms with Crippen molar-refractivity contribution in [1.82, 2.24) is 9.80 Å². The Bertz CT molecular complexity index is 1800. The van der Waals surface area contributed by atoms with E-state index in [-0.39, 0.29) is 24.3 Å². The van der Waals surface area contributed by atoms with Gasteiger partial charge in [-0.1, -0.05) is 195 Å². The molecule has 6 aromatic rings. The second-order valence-corrected chi connectivity index (χ2v) is 19.4. The van der Waals surface area contributed by atoms with E-state index in [9.17, 15) is 0 Å². The van der Waals surface area contributed by atoms with Crippen LogP contribution in [-0.4, -0.2) is 60.3 Å². The molecule has 0 radical (unpaired) electrons. The predicted octanol–water partition coefficient (Wildman–Crippen LogP) is 10.0. The van der Waals surface area contributed by atoms with E-state index in [1.165, 1.54) is 70.9 Å². The molecule has 2 heterocycles. The Labute approximate surface area is 349 Å². The van der Waals surface area contributed by atoms with E-state index in [1.54, 1.807) is 0 Å². The quantitative estimate of drug-likeness (QED) is 0.0858. The van der Waals surface area contributed by atoms with Crippen molar-refractivity contribution in [3.05, 3.63) is 193 Å². The van der Waals surface area contributed by atoms with Crippen LogP contribution in [0, 0.1) is 0 Å². The van der Waals surface area contributed by atoms with E-state index >= 15 is 0 Å². The lowest BCUT2D eigenvalue weighted by Gasteiger charge is -2.48. The third kappa shape index (κ3) is 10.8. The maximum atomic E-state index is 8.14. The molecule has 2 aliphatic rings. The van der Waals surface area contributed by atoms with Crippen molar-refractivity contribution in [2.75, 3.05) is 26.2 Å². The summed E-state index contributed by atoms with van der Waals surface area (Å²) in [6, 6.07) is 66.5. The van der Waals surface area contributed by atoms with Crippen molar-refractivity contribution < 1.29 is 9.05 Å². The molecule has 0 unspecified atom stereocenters. The van der Waals surface area contributed by atoms with Gasteiger partial charge in [0.25, 0.3) is 0 Å². The number of likely N-dealkylation sites (tertiary alicyclic amines) is 2. The Morgan fingerprint density at radius 1 is 0.345 bits per heavy atom. The highest BCUT2D eigenvalue weighted by Crippen LogP contribution is 2.45. The number of hydrogen-bond donors (Lipinski definition) is 0. The average molecular weight is 805 g/mol. The van der Waals surface area contributed by atoms with Crippen LogP contribution in [0.1, 0.15) is 49.7 Å². The first kappa shape index (κ1) is 40.8. The summed E-state index contributed by atoms with van der Waals surface area (Å²) in [5.41, 5.74) is 2.69. The summed E-state index contributed by atoms with van der Waals surface area (Å²) in [7, 11) is -2.41. The maximum absolute atomic E-state index is 8.14. The van der Waals surface area contributed by atoms with Gasteiger partial charge in [0.2, 0.25) is 0 Å². The fraction of sp³-hybridized carbons (Fsp3) is 0.308. The van der Waals surface area contributed by atoms with Gasteiger partial charge in [-0.05, 0) is 75.8 Å². The Morgan fingerprint density at radius 3 is 0.879 bits per heavy atom. The minimum atomic E-state index is -1.20. The summed E-state index contributed by atoms with van der Waals surface area (Å²) in [6.45, 7) is 4.27. The lowest BCUT2D eigenvalue weighted by Crippen LogP contribution is -2.60. The molecule has 8 rings (SSSR count). The highest BCUT2D eigenvalue weighted by Gasteiger charge is 2.45. The Hall–Kier alpha value is -3.98. The molecule has 4 nitrogen and oxygen atoms in total. The first-order valence-electron chi connectivity index (χ1n) is 21.5. The van der Waals surface area contributed by atoms with E-state index in [4.69, 9.17) is 9.05 Å². The molecule has 2 fully saturated rings. The Kier molecular flexibility index (Phi) is 15.0. The summed E-state index contributed by atoms with van der Waals surface area (Å²) in [4.78, 5) is 5.56. The van der Waals surface area contributed by atoms with Gasteiger partial charge in [-0.25, -0.2) is 0 Å². The van der Waals surface area contributed by atoms with Crippen LogP contribution in [0.4, 0.5) is 0 Å². The second kappa shape index (κ2) is 21.3. The SMILES string of the molecule is c1ccc(C[C@H]([C@H](OP(c2ccccc2)c2ccccc2)[C@@H](OP(c2ccccc2)c2ccccc2)[C@@H](Cc2ccccc2)N2CCCCC2)N2CCCCC2)cc1. The van der Waals surface area contributed by atoms with E-state index < -0.39 is 16.3 Å². The third-order valence-corrected chi connectivity index (χ3v) is 15.8. The summed E-state index contributed by atoms with van der Waals surface area (Å²) in [5.74, 6) is 0. The van der Waals surface area contributed by atoms with Crippen molar-refractivity contribution in [1.29, 1.82) is 0 Å². The van der Waals surface area contributed by atoms with Gasteiger partial charge in [-0.2, -0.15) is 0 Å². The molecule has 2 saturated heterocycles. The molecule has 0 spiro atoms. The molecule has 58 heavy (non-hydrogen) atoms. The van der Waals surface area contributed by atoms with Crippen molar-refractivity contribution >= 4 is 37.5 Å². The molecule has 0 aromatic heterocycles. The highest BCUT2D eigenvalue weighted by atomic mass is 31.1. The van der Waals surface area contributed by atoms with E-state index in [0.717, 1.165) is 39.0 Å². The van der Waals surface area contributed by atoms with Crippen LogP contribution in [0.15, 0.2) is 182 Å². The van der Waals surface area contributed by atoms with Gasteiger partial charge in [0.1, 0.15) is 12.2 Å². The average Bonchev–Trinajstić information content (AvgIpc) is 3.31. The zero-order valence-electron chi connectivity index (χ0n) is 33.7. The number of hydrogen-bond acceptors (Lipinski definition) is 4. The first-order valence-corrected chi connectivity index (χ1v) is 24.0. The normalized spacial score (nSPS) is 17.5. The van der Waals surface area contributed by atoms with Crippen LogP contribution in [0.5, 0.6) is 0 Å². The monoisotopic (exact) mass is 804 g/mol. The van der Waals surface area contributed by atoms with Crippen molar-refractivity contribution in [2.24, 2.45) is 0 Å². The fourth-order valence-corrected chi connectivity index (χ4v) is 12.7. The van der Waals surface area contributed by atoms with Crippen LogP contribution < -0.4 is 21.2 Å². The summed E-state index contributed by atoms with van der Waals surface area (Å²) < 4.78 is 16.3. The van der Waals surface area contributed by atoms with Gasteiger partial charge in [0.15, 0.2) is 0 Å². The molecule has 0 amide bonds. The molecule has 0 saturated carbocycles. The molecule has 4 atom stereocenters. The molecule has 298 valence electrons. The molecular weight excluding hydrogens is 747 g/mol. The van der Waals surface area contributed by atoms with Gasteiger partial charge < -0.3 is 9.05 Å². The molecule has 2 aliphatic heterocycles. The summed E-state index contributed by atoms with van der Waals surface area (Å²) >= 11 is 0. The lowest BCUT2D eigenvalue weighted by atomic mass is 9.88. The molecule has 0 aliphatic carbocycles. The van der Waals surface area contributed by atoms with E-state index in [0.29, 0.717) is 0 Å². The minimum absolute atomic E-state index is 0.0941. The number of benzene rings is 6. The first-order chi connectivity index (χ1) is 28.8. The topological polar surface area (TPSA) is 24.9 Å².